The van der Waals surface area contributed by atoms with E-state index in [1.807, 2.05) is 50.4 Å². The van der Waals surface area contributed by atoms with Crippen LogP contribution in [-0.4, -0.2) is 63.1 Å². The Morgan fingerprint density at radius 2 is 2.06 bits per heavy atom. The standard InChI is InChI=1S/C27H36ClN3O5/c1-18-8-9-22(28)15-24(18)25(36-12-10-30-27(33)34)20-6-3-7-21(14-20)26(32)31-16-23(29-2)13-19-5-4-11-35-17-19/h3,6-9,14-15,19,23,25,29-30H,4-5,10-13,16-17H2,1-2H3,(H,31,32)(H,33,34)/t19-,23-,25?/m1/s1. The van der Waals surface area contributed by atoms with E-state index in [4.69, 9.17) is 26.2 Å². The number of halogens is 1. The van der Waals surface area contributed by atoms with Gasteiger partial charge in [-0.3, -0.25) is 4.79 Å². The van der Waals surface area contributed by atoms with Crippen molar-refractivity contribution in [2.45, 2.75) is 38.3 Å². The molecule has 8 nitrogen and oxygen atoms in total. The van der Waals surface area contributed by atoms with Crippen LogP contribution in [0.4, 0.5) is 4.79 Å². The monoisotopic (exact) mass is 517 g/mol. The Bertz CT molecular complexity index is 1010. The van der Waals surface area contributed by atoms with Gasteiger partial charge in [0.1, 0.15) is 6.10 Å². The van der Waals surface area contributed by atoms with Crippen molar-refractivity contribution in [3.8, 4) is 0 Å². The Hall–Kier alpha value is -2.65. The Labute approximate surface area is 217 Å². The molecule has 9 heteroatoms. The molecule has 0 spiro atoms. The zero-order valence-corrected chi connectivity index (χ0v) is 21.6. The predicted molar refractivity (Wildman–Crippen MR) is 140 cm³/mol. The Morgan fingerprint density at radius 1 is 1.22 bits per heavy atom. The molecule has 0 saturated carbocycles. The third-order valence-corrected chi connectivity index (χ3v) is 6.66. The highest BCUT2D eigenvalue weighted by Crippen LogP contribution is 2.31. The number of carboxylic acid groups (broad SMARTS) is 1. The van der Waals surface area contributed by atoms with Gasteiger partial charge in [0.2, 0.25) is 0 Å². The van der Waals surface area contributed by atoms with Crippen molar-refractivity contribution in [2.24, 2.45) is 5.92 Å². The summed E-state index contributed by atoms with van der Waals surface area (Å²) in [5.41, 5.74) is 3.16. The number of aryl methyl sites for hydroxylation is 1. The van der Waals surface area contributed by atoms with E-state index >= 15 is 0 Å². The van der Waals surface area contributed by atoms with E-state index in [0.29, 0.717) is 23.0 Å². The van der Waals surface area contributed by atoms with Crippen LogP contribution < -0.4 is 16.0 Å². The molecule has 2 amide bonds. The van der Waals surface area contributed by atoms with Crippen LogP contribution in [0.5, 0.6) is 0 Å². The van der Waals surface area contributed by atoms with Crippen molar-refractivity contribution < 1.29 is 24.2 Å². The molecular weight excluding hydrogens is 482 g/mol. The van der Waals surface area contributed by atoms with Crippen LogP contribution in [0.1, 0.15) is 52.4 Å². The van der Waals surface area contributed by atoms with Crippen molar-refractivity contribution in [2.75, 3.05) is 40.0 Å². The molecule has 1 fully saturated rings. The van der Waals surface area contributed by atoms with Gasteiger partial charge in [0, 0.05) is 42.9 Å². The molecule has 2 aromatic carbocycles. The summed E-state index contributed by atoms with van der Waals surface area (Å²) in [7, 11) is 1.91. The van der Waals surface area contributed by atoms with Crippen LogP contribution in [0.2, 0.25) is 5.02 Å². The lowest BCUT2D eigenvalue weighted by atomic mass is 9.94. The Balaban J connectivity index is 1.71. The molecule has 196 valence electrons. The first-order chi connectivity index (χ1) is 17.4. The third-order valence-electron chi connectivity index (χ3n) is 6.43. The number of likely N-dealkylation sites (N-methyl/N-ethyl adjacent to an activating group) is 1. The van der Waals surface area contributed by atoms with Crippen LogP contribution in [0.25, 0.3) is 0 Å². The van der Waals surface area contributed by atoms with Gasteiger partial charge in [-0.25, -0.2) is 4.79 Å². The maximum Gasteiger partial charge on any atom is 0.404 e. The zero-order valence-electron chi connectivity index (χ0n) is 20.9. The van der Waals surface area contributed by atoms with E-state index < -0.39 is 12.2 Å². The number of ether oxygens (including phenoxy) is 2. The molecule has 0 aromatic heterocycles. The number of carbonyl (C=O) groups is 2. The van der Waals surface area contributed by atoms with Gasteiger partial charge in [0.15, 0.2) is 0 Å². The molecule has 0 bridgehead atoms. The lowest BCUT2D eigenvalue weighted by Crippen LogP contribution is -2.41. The number of hydrogen-bond acceptors (Lipinski definition) is 5. The smallest absolute Gasteiger partial charge is 0.404 e. The van der Waals surface area contributed by atoms with E-state index in [2.05, 4.69) is 16.0 Å². The number of benzene rings is 2. The minimum absolute atomic E-state index is 0.142. The first-order valence-electron chi connectivity index (χ1n) is 12.3. The van der Waals surface area contributed by atoms with Crippen LogP contribution in [0, 0.1) is 12.8 Å². The lowest BCUT2D eigenvalue weighted by Gasteiger charge is -2.26. The Kier molecular flexibility index (Phi) is 11.0. The summed E-state index contributed by atoms with van der Waals surface area (Å²) in [6.45, 7) is 4.40. The molecule has 1 saturated heterocycles. The number of nitrogens with one attached hydrogen (secondary N) is 3. The van der Waals surface area contributed by atoms with E-state index in [1.54, 1.807) is 6.07 Å². The fraction of sp³-hybridized carbons (Fsp3) is 0.481. The topological polar surface area (TPSA) is 109 Å². The van der Waals surface area contributed by atoms with E-state index in [0.717, 1.165) is 49.2 Å². The summed E-state index contributed by atoms with van der Waals surface area (Å²) in [6.07, 6.45) is 1.57. The molecule has 1 heterocycles. The maximum atomic E-state index is 13.0. The van der Waals surface area contributed by atoms with Crippen molar-refractivity contribution in [1.82, 2.24) is 16.0 Å². The quantitative estimate of drug-likeness (QED) is 0.315. The summed E-state index contributed by atoms with van der Waals surface area (Å²) in [5.74, 6) is 0.344. The molecule has 1 unspecified atom stereocenters. The van der Waals surface area contributed by atoms with E-state index in [1.165, 1.54) is 0 Å². The molecular formula is C27H36ClN3O5. The zero-order chi connectivity index (χ0) is 25.9. The van der Waals surface area contributed by atoms with Gasteiger partial charge in [-0.05, 0) is 80.1 Å². The predicted octanol–water partition coefficient (Wildman–Crippen LogP) is 4.16. The summed E-state index contributed by atoms with van der Waals surface area (Å²) in [5, 5.41) is 18.1. The van der Waals surface area contributed by atoms with Gasteiger partial charge >= 0.3 is 6.09 Å². The van der Waals surface area contributed by atoms with Crippen LogP contribution in [0.15, 0.2) is 42.5 Å². The first-order valence-corrected chi connectivity index (χ1v) is 12.7. The molecule has 4 N–H and O–H groups in total. The first kappa shape index (κ1) is 27.9. The average Bonchev–Trinajstić information content (AvgIpc) is 2.88. The van der Waals surface area contributed by atoms with Crippen LogP contribution in [-0.2, 0) is 9.47 Å². The van der Waals surface area contributed by atoms with Crippen molar-refractivity contribution >= 4 is 23.6 Å². The summed E-state index contributed by atoms with van der Waals surface area (Å²) in [4.78, 5) is 23.8. The molecule has 0 aliphatic carbocycles. The van der Waals surface area contributed by atoms with Crippen molar-refractivity contribution in [3.05, 3.63) is 69.7 Å². The van der Waals surface area contributed by atoms with Gasteiger partial charge in [0.05, 0.1) is 6.61 Å². The second-order valence-corrected chi connectivity index (χ2v) is 9.56. The van der Waals surface area contributed by atoms with Gasteiger partial charge in [-0.1, -0.05) is 29.8 Å². The molecule has 2 aromatic rings. The SMILES string of the molecule is CN[C@@H](CNC(=O)c1cccc(C(OCCNC(=O)O)c2cc(Cl)ccc2C)c1)C[C@H]1CCCOC1. The van der Waals surface area contributed by atoms with Crippen molar-refractivity contribution in [3.63, 3.8) is 0 Å². The number of carbonyl (C=O) groups excluding carboxylic acids is 1. The molecule has 36 heavy (non-hydrogen) atoms. The average molecular weight is 518 g/mol. The lowest BCUT2D eigenvalue weighted by molar-refractivity contribution is 0.0478. The van der Waals surface area contributed by atoms with Gasteiger partial charge in [0.25, 0.3) is 5.91 Å². The number of rotatable bonds is 12. The van der Waals surface area contributed by atoms with Crippen LogP contribution >= 0.6 is 11.6 Å². The second kappa shape index (κ2) is 14.2. The molecule has 1 aliphatic rings. The third kappa shape index (κ3) is 8.48. The highest BCUT2D eigenvalue weighted by Gasteiger charge is 2.21. The summed E-state index contributed by atoms with van der Waals surface area (Å²) in [6, 6.07) is 13.0. The fourth-order valence-electron chi connectivity index (χ4n) is 4.45. The second-order valence-electron chi connectivity index (χ2n) is 9.12. The minimum Gasteiger partial charge on any atom is -0.465 e. The summed E-state index contributed by atoms with van der Waals surface area (Å²) < 4.78 is 11.7. The van der Waals surface area contributed by atoms with E-state index in [-0.39, 0.29) is 25.1 Å². The maximum absolute atomic E-state index is 13.0. The van der Waals surface area contributed by atoms with Crippen LogP contribution in [0.3, 0.4) is 0 Å². The minimum atomic E-state index is -1.11. The van der Waals surface area contributed by atoms with Crippen molar-refractivity contribution in [1.29, 1.82) is 0 Å². The molecule has 3 atom stereocenters. The molecule has 1 aliphatic heterocycles. The highest BCUT2D eigenvalue weighted by atomic mass is 35.5. The molecule has 0 radical (unpaired) electrons. The van der Waals surface area contributed by atoms with Gasteiger partial charge in [-0.15, -0.1) is 0 Å². The van der Waals surface area contributed by atoms with E-state index in [9.17, 15) is 9.59 Å². The number of amides is 2. The largest absolute Gasteiger partial charge is 0.465 e. The van der Waals surface area contributed by atoms with Gasteiger partial charge < -0.3 is 30.5 Å². The summed E-state index contributed by atoms with van der Waals surface area (Å²) >= 11 is 6.26. The highest BCUT2D eigenvalue weighted by molar-refractivity contribution is 6.30. The number of hydrogen-bond donors (Lipinski definition) is 4. The van der Waals surface area contributed by atoms with Gasteiger partial charge in [-0.2, -0.15) is 0 Å². The normalized spacial score (nSPS) is 17.2. The Morgan fingerprint density at radius 3 is 2.78 bits per heavy atom. The molecule has 3 rings (SSSR count). The fourth-order valence-corrected chi connectivity index (χ4v) is 4.63.